The molecule has 0 bridgehead atoms. The van der Waals surface area contributed by atoms with Gasteiger partial charge in [-0.25, -0.2) is 0 Å². The van der Waals surface area contributed by atoms with Crippen LogP contribution in [0.3, 0.4) is 0 Å². The summed E-state index contributed by atoms with van der Waals surface area (Å²) in [4.78, 5) is 0. The van der Waals surface area contributed by atoms with E-state index in [1.165, 1.54) is 20.8 Å². The largest absolute Gasteiger partial charge is 0.285 e. The predicted molar refractivity (Wildman–Crippen MR) is 53.2 cm³/mol. The van der Waals surface area contributed by atoms with Crippen molar-refractivity contribution in [1.82, 2.24) is 0 Å². The topological polar surface area (TPSA) is 97.7 Å². The summed E-state index contributed by atoms with van der Waals surface area (Å²) in [6.07, 6.45) is 0. The zero-order valence-corrected chi connectivity index (χ0v) is 10.2. The van der Waals surface area contributed by atoms with Crippen molar-refractivity contribution >= 4 is 20.2 Å². The lowest BCUT2D eigenvalue weighted by Crippen LogP contribution is -2.10. The molecular formula is C6H16O6S2. The van der Waals surface area contributed by atoms with E-state index in [-0.39, 0.29) is 5.75 Å². The second kappa shape index (κ2) is 6.33. The summed E-state index contributed by atoms with van der Waals surface area (Å²) in [5.74, 6) is 0.0451. The fourth-order valence-electron chi connectivity index (χ4n) is 0.118. The molecule has 0 aromatic carbocycles. The van der Waals surface area contributed by atoms with Crippen LogP contribution < -0.4 is 0 Å². The van der Waals surface area contributed by atoms with Crippen LogP contribution in [0.1, 0.15) is 20.8 Å². The van der Waals surface area contributed by atoms with Gasteiger partial charge in [0, 0.05) is 0 Å². The highest BCUT2D eigenvalue weighted by Crippen LogP contribution is 1.92. The number of rotatable bonds is 3. The van der Waals surface area contributed by atoms with Gasteiger partial charge in [-0.2, -0.15) is 16.8 Å². The third kappa shape index (κ3) is 9.90. The maximum atomic E-state index is 10.1. The Balaban J connectivity index is 0. The summed E-state index contributed by atoms with van der Waals surface area (Å²) in [6, 6.07) is 0. The Kier molecular flexibility index (Phi) is 7.35. The molecule has 0 aliphatic rings. The van der Waals surface area contributed by atoms with Gasteiger partial charge in [-0.15, -0.1) is 0 Å². The fourth-order valence-corrected chi connectivity index (χ4v) is 0.354. The summed E-state index contributed by atoms with van der Waals surface area (Å²) in [6.45, 7) is 4.35. The molecule has 0 aromatic rings. The van der Waals surface area contributed by atoms with E-state index in [9.17, 15) is 16.8 Å². The molecule has 0 fully saturated rings. The Bertz CT molecular complexity index is 303. The van der Waals surface area contributed by atoms with Crippen molar-refractivity contribution in [1.29, 1.82) is 0 Å². The van der Waals surface area contributed by atoms with Crippen LogP contribution in [-0.2, 0) is 24.4 Å². The van der Waals surface area contributed by atoms with E-state index in [1.807, 2.05) is 0 Å². The van der Waals surface area contributed by atoms with E-state index in [0.29, 0.717) is 0 Å². The second-order valence-corrected chi connectivity index (χ2v) is 6.58. The molecule has 0 amide bonds. The van der Waals surface area contributed by atoms with Crippen molar-refractivity contribution in [3.63, 3.8) is 0 Å². The van der Waals surface area contributed by atoms with Crippen molar-refractivity contribution in [2.45, 2.75) is 26.0 Å². The van der Waals surface area contributed by atoms with Gasteiger partial charge in [0.1, 0.15) is 0 Å². The normalized spacial score (nSPS) is 12.1. The zero-order valence-electron chi connectivity index (χ0n) is 8.59. The lowest BCUT2D eigenvalue weighted by molar-refractivity contribution is 0.399. The Morgan fingerprint density at radius 1 is 1.21 bits per heavy atom. The molecule has 14 heavy (non-hydrogen) atoms. The first kappa shape index (κ1) is 16.3. The van der Waals surface area contributed by atoms with Gasteiger partial charge in [-0.3, -0.25) is 8.74 Å². The van der Waals surface area contributed by atoms with Crippen LogP contribution in [0.5, 0.6) is 0 Å². The molecular weight excluding hydrogens is 232 g/mol. The van der Waals surface area contributed by atoms with Gasteiger partial charge in [0.05, 0.1) is 18.1 Å². The molecule has 0 saturated carbocycles. The SMILES string of the molecule is CC(C)S(=O)(=O)O.CCS(=O)(=O)OC. The van der Waals surface area contributed by atoms with Crippen molar-refractivity contribution in [3.8, 4) is 0 Å². The molecule has 0 aromatic heterocycles. The van der Waals surface area contributed by atoms with E-state index in [1.54, 1.807) is 0 Å². The molecule has 88 valence electrons. The first-order valence-corrected chi connectivity index (χ1v) is 6.89. The van der Waals surface area contributed by atoms with E-state index >= 15 is 0 Å². The third-order valence-corrected chi connectivity index (χ3v) is 3.61. The summed E-state index contributed by atoms with van der Waals surface area (Å²) in [5.41, 5.74) is 0. The summed E-state index contributed by atoms with van der Waals surface area (Å²) in [5, 5.41) is -0.674. The summed E-state index contributed by atoms with van der Waals surface area (Å²) in [7, 11) is -5.75. The molecule has 0 saturated heterocycles. The smallest absolute Gasteiger partial charge is 0.267 e. The first-order chi connectivity index (χ1) is 6.06. The van der Waals surface area contributed by atoms with Crippen LogP contribution in [0.2, 0.25) is 0 Å². The van der Waals surface area contributed by atoms with Gasteiger partial charge in [-0.1, -0.05) is 0 Å². The van der Waals surface area contributed by atoms with E-state index in [2.05, 4.69) is 4.18 Å². The Morgan fingerprint density at radius 2 is 1.50 bits per heavy atom. The molecule has 0 atom stereocenters. The van der Waals surface area contributed by atoms with Crippen LogP contribution >= 0.6 is 0 Å². The minimum absolute atomic E-state index is 0.0451. The maximum Gasteiger partial charge on any atom is 0.267 e. The van der Waals surface area contributed by atoms with Crippen LogP contribution in [0.25, 0.3) is 0 Å². The quantitative estimate of drug-likeness (QED) is 0.568. The summed E-state index contributed by atoms with van der Waals surface area (Å²) < 4.78 is 52.2. The average Bonchev–Trinajstić information content (AvgIpc) is 2.04. The maximum absolute atomic E-state index is 10.1. The van der Waals surface area contributed by atoms with Crippen molar-refractivity contribution < 1.29 is 25.6 Å². The number of hydrogen-bond donors (Lipinski definition) is 1. The molecule has 0 spiro atoms. The zero-order chi connectivity index (χ0) is 12.0. The van der Waals surface area contributed by atoms with Crippen molar-refractivity contribution in [3.05, 3.63) is 0 Å². The van der Waals surface area contributed by atoms with Crippen molar-refractivity contribution in [2.75, 3.05) is 12.9 Å². The van der Waals surface area contributed by atoms with Crippen LogP contribution in [0.4, 0.5) is 0 Å². The van der Waals surface area contributed by atoms with E-state index in [4.69, 9.17) is 4.55 Å². The second-order valence-electron chi connectivity index (χ2n) is 2.58. The molecule has 0 radical (unpaired) electrons. The molecule has 0 aliphatic carbocycles. The highest BCUT2D eigenvalue weighted by atomic mass is 32.2. The van der Waals surface area contributed by atoms with E-state index < -0.39 is 25.5 Å². The predicted octanol–water partition coefficient (Wildman–Crippen LogP) is 0.265. The third-order valence-electron chi connectivity index (χ3n) is 1.20. The number of hydrogen-bond acceptors (Lipinski definition) is 5. The standard InChI is InChI=1S/2C3H8O3S/c1-3-7(4,5)6-2;1-3(2)7(4,5)6/h3H2,1-2H3;3H,1-2H3,(H,4,5,6). The van der Waals surface area contributed by atoms with Gasteiger partial charge >= 0.3 is 0 Å². The Morgan fingerprint density at radius 3 is 1.50 bits per heavy atom. The monoisotopic (exact) mass is 248 g/mol. The van der Waals surface area contributed by atoms with Crippen LogP contribution in [0.15, 0.2) is 0 Å². The van der Waals surface area contributed by atoms with E-state index in [0.717, 1.165) is 7.11 Å². The Labute approximate surface area is 85.1 Å². The molecule has 0 heterocycles. The summed E-state index contributed by atoms with van der Waals surface area (Å²) >= 11 is 0. The van der Waals surface area contributed by atoms with Gasteiger partial charge in [0.25, 0.3) is 20.2 Å². The molecule has 6 nitrogen and oxygen atoms in total. The van der Waals surface area contributed by atoms with Gasteiger partial charge < -0.3 is 0 Å². The average molecular weight is 248 g/mol. The minimum Gasteiger partial charge on any atom is -0.285 e. The molecule has 1 N–H and O–H groups in total. The highest BCUT2D eigenvalue weighted by molar-refractivity contribution is 7.86. The van der Waals surface area contributed by atoms with Gasteiger partial charge in [-0.05, 0) is 20.8 Å². The molecule has 0 unspecified atom stereocenters. The Hall–Kier alpha value is -0.180. The van der Waals surface area contributed by atoms with Gasteiger partial charge in [0.2, 0.25) is 0 Å². The fraction of sp³-hybridized carbons (Fsp3) is 1.00. The van der Waals surface area contributed by atoms with Crippen LogP contribution in [-0.4, -0.2) is 39.5 Å². The van der Waals surface area contributed by atoms with Crippen molar-refractivity contribution in [2.24, 2.45) is 0 Å². The van der Waals surface area contributed by atoms with Crippen LogP contribution in [0, 0.1) is 0 Å². The molecule has 8 heteroatoms. The highest BCUT2D eigenvalue weighted by Gasteiger charge is 2.08. The lowest BCUT2D eigenvalue weighted by Gasteiger charge is -1.94. The minimum atomic E-state index is -3.74. The molecule has 0 aliphatic heterocycles. The van der Waals surface area contributed by atoms with Gasteiger partial charge in [0.15, 0.2) is 0 Å². The first-order valence-electron chi connectivity index (χ1n) is 3.81. The molecule has 0 rings (SSSR count). The lowest BCUT2D eigenvalue weighted by atomic mass is 10.6.